The summed E-state index contributed by atoms with van der Waals surface area (Å²) in [5.41, 5.74) is 2.86. The minimum absolute atomic E-state index is 0.0344. The third kappa shape index (κ3) is 4.34. The largest absolute Gasteiger partial charge is 0.367 e. The van der Waals surface area contributed by atoms with Crippen LogP contribution in [0, 0.1) is 16.7 Å². The zero-order chi connectivity index (χ0) is 19.6. The van der Waals surface area contributed by atoms with Crippen LogP contribution in [0.3, 0.4) is 0 Å². The third-order valence-corrected chi connectivity index (χ3v) is 4.75. The second-order valence-electron chi connectivity index (χ2n) is 8.25. The topological polar surface area (TPSA) is 85.2 Å². The van der Waals surface area contributed by atoms with Crippen molar-refractivity contribution in [3.63, 3.8) is 0 Å². The lowest BCUT2D eigenvalue weighted by molar-refractivity contribution is -0.122. The first-order valence-corrected chi connectivity index (χ1v) is 9.12. The van der Waals surface area contributed by atoms with Crippen LogP contribution in [0.1, 0.15) is 25.8 Å². The van der Waals surface area contributed by atoms with E-state index in [-0.39, 0.29) is 17.4 Å². The van der Waals surface area contributed by atoms with E-state index in [9.17, 15) is 10.1 Å². The Morgan fingerprint density at radius 1 is 1.33 bits per heavy atom. The van der Waals surface area contributed by atoms with Crippen LogP contribution in [0.2, 0.25) is 0 Å². The van der Waals surface area contributed by atoms with Gasteiger partial charge >= 0.3 is 0 Å². The highest BCUT2D eigenvalue weighted by Crippen LogP contribution is 2.34. The van der Waals surface area contributed by atoms with Crippen molar-refractivity contribution in [3.8, 4) is 6.07 Å². The molecule has 142 valence electrons. The van der Waals surface area contributed by atoms with Gasteiger partial charge in [-0.25, -0.2) is 0 Å². The van der Waals surface area contributed by atoms with Crippen LogP contribution in [0.4, 0.5) is 5.69 Å². The molecule has 0 unspecified atom stereocenters. The van der Waals surface area contributed by atoms with Crippen molar-refractivity contribution >= 4 is 22.6 Å². The van der Waals surface area contributed by atoms with Crippen LogP contribution in [-0.2, 0) is 4.79 Å². The van der Waals surface area contributed by atoms with Crippen molar-refractivity contribution in [1.82, 2.24) is 20.2 Å². The van der Waals surface area contributed by atoms with Gasteiger partial charge in [-0.1, -0.05) is 13.8 Å². The number of nitrogens with one attached hydrogen (secondary N) is 1. The molecule has 1 aromatic carbocycles. The van der Waals surface area contributed by atoms with Crippen molar-refractivity contribution in [1.29, 1.82) is 5.26 Å². The molecule has 1 fully saturated rings. The van der Waals surface area contributed by atoms with E-state index < -0.39 is 0 Å². The Bertz CT molecular complexity index is 886. The number of nitriles is 1. The molecule has 1 saturated heterocycles. The van der Waals surface area contributed by atoms with Crippen molar-refractivity contribution < 1.29 is 4.79 Å². The summed E-state index contributed by atoms with van der Waals surface area (Å²) in [7, 11) is 3.77. The number of rotatable bonds is 4. The first kappa shape index (κ1) is 19.1. The molecule has 7 heteroatoms. The van der Waals surface area contributed by atoms with Gasteiger partial charge in [0.05, 0.1) is 17.8 Å². The molecule has 0 saturated carbocycles. The number of hydrogen-bond acceptors (Lipinski definition) is 6. The van der Waals surface area contributed by atoms with Crippen LogP contribution in [0.5, 0.6) is 0 Å². The van der Waals surface area contributed by atoms with Crippen LogP contribution in [0.15, 0.2) is 24.5 Å². The molecule has 0 spiro atoms. The van der Waals surface area contributed by atoms with E-state index in [1.807, 2.05) is 25.1 Å². The summed E-state index contributed by atoms with van der Waals surface area (Å²) in [5.74, 6) is 0.0344. The van der Waals surface area contributed by atoms with Gasteiger partial charge in [-0.3, -0.25) is 14.8 Å². The van der Waals surface area contributed by atoms with E-state index >= 15 is 0 Å². The predicted octanol–water partition coefficient (Wildman–Crippen LogP) is 1.78. The summed E-state index contributed by atoms with van der Waals surface area (Å²) in [5, 5.41) is 12.5. The van der Waals surface area contributed by atoms with Gasteiger partial charge in [0.15, 0.2) is 0 Å². The fraction of sp³-hybridized carbons (Fsp3) is 0.500. The van der Waals surface area contributed by atoms with Gasteiger partial charge in [0, 0.05) is 31.5 Å². The number of nitrogens with zero attached hydrogens (tertiary/aromatic N) is 5. The van der Waals surface area contributed by atoms with E-state index in [2.05, 4.69) is 40.1 Å². The summed E-state index contributed by atoms with van der Waals surface area (Å²) in [4.78, 5) is 25.2. The predicted molar refractivity (Wildman–Crippen MR) is 105 cm³/mol. The summed E-state index contributed by atoms with van der Waals surface area (Å²) >= 11 is 0. The average molecular weight is 366 g/mol. The number of fused-ring (bicyclic) bond motifs is 1. The normalized spacial score (nSPS) is 19.1. The number of aromatic nitrogens is 2. The Balaban J connectivity index is 1.91. The Morgan fingerprint density at radius 2 is 2.04 bits per heavy atom. The quantitative estimate of drug-likeness (QED) is 0.888. The molecule has 0 aliphatic carbocycles. The van der Waals surface area contributed by atoms with Crippen molar-refractivity contribution in [2.75, 3.05) is 38.6 Å². The maximum Gasteiger partial charge on any atom is 0.234 e. The minimum Gasteiger partial charge on any atom is -0.367 e. The van der Waals surface area contributed by atoms with Gasteiger partial charge in [0.1, 0.15) is 17.1 Å². The van der Waals surface area contributed by atoms with Crippen molar-refractivity contribution in [2.24, 2.45) is 5.41 Å². The molecule has 0 radical (unpaired) electrons. The van der Waals surface area contributed by atoms with E-state index in [4.69, 9.17) is 0 Å². The number of amides is 1. The Labute approximate surface area is 160 Å². The summed E-state index contributed by atoms with van der Waals surface area (Å²) in [6, 6.07) is 5.98. The molecule has 3 rings (SSSR count). The van der Waals surface area contributed by atoms with Crippen molar-refractivity contribution in [2.45, 2.75) is 26.3 Å². The molecule has 2 aromatic rings. The molecule has 0 bridgehead atoms. The van der Waals surface area contributed by atoms with Gasteiger partial charge < -0.3 is 15.1 Å². The molecule has 1 aliphatic heterocycles. The van der Waals surface area contributed by atoms with E-state index in [0.29, 0.717) is 24.2 Å². The number of piperidine rings is 1. The van der Waals surface area contributed by atoms with Crippen LogP contribution < -0.4 is 10.2 Å². The van der Waals surface area contributed by atoms with E-state index in [1.54, 1.807) is 18.5 Å². The summed E-state index contributed by atoms with van der Waals surface area (Å²) < 4.78 is 0. The average Bonchev–Trinajstić information content (AvgIpc) is 2.58. The molecule has 27 heavy (non-hydrogen) atoms. The molecular weight excluding hydrogens is 340 g/mol. The number of carbonyl (C=O) groups is 1. The lowest BCUT2D eigenvalue weighted by atomic mass is 9.81. The Hall–Kier alpha value is -2.72. The summed E-state index contributed by atoms with van der Waals surface area (Å²) in [6.45, 7) is 6.36. The monoisotopic (exact) mass is 366 g/mol. The smallest absolute Gasteiger partial charge is 0.234 e. The van der Waals surface area contributed by atoms with Gasteiger partial charge in [0.25, 0.3) is 0 Å². The summed E-state index contributed by atoms with van der Waals surface area (Å²) in [6.07, 6.45) is 4.18. The van der Waals surface area contributed by atoms with E-state index in [1.165, 1.54) is 0 Å². The fourth-order valence-electron chi connectivity index (χ4n) is 3.87. The standard InChI is InChI=1S/C20H26N6O/c1-20(2)9-15(24-17(27)12-25(3)4)11-26(13-20)16-6-5-14(10-21)18-19(16)23-8-7-22-18/h5-8,15H,9,11-13H2,1-4H3,(H,24,27)/t15-/m1/s1. The first-order valence-electron chi connectivity index (χ1n) is 9.12. The molecule has 2 heterocycles. The fourth-order valence-corrected chi connectivity index (χ4v) is 3.87. The number of anilines is 1. The Morgan fingerprint density at radius 3 is 2.70 bits per heavy atom. The van der Waals surface area contributed by atoms with Crippen LogP contribution in [0.25, 0.3) is 11.0 Å². The molecule has 1 N–H and O–H groups in total. The zero-order valence-corrected chi connectivity index (χ0v) is 16.4. The minimum atomic E-state index is 0.0344. The molecule has 1 aliphatic rings. The molecule has 1 aromatic heterocycles. The second kappa shape index (κ2) is 7.49. The molecular formula is C20H26N6O. The zero-order valence-electron chi connectivity index (χ0n) is 16.4. The van der Waals surface area contributed by atoms with E-state index in [0.717, 1.165) is 24.2 Å². The number of likely N-dealkylation sites (N-methyl/N-ethyl adjacent to an activating group) is 1. The lowest BCUT2D eigenvalue weighted by Crippen LogP contribution is -2.54. The van der Waals surface area contributed by atoms with Gasteiger partial charge in [0.2, 0.25) is 5.91 Å². The highest BCUT2D eigenvalue weighted by Gasteiger charge is 2.34. The highest BCUT2D eigenvalue weighted by atomic mass is 16.2. The SMILES string of the molecule is CN(C)CC(=O)N[C@H]1CN(c2ccc(C#N)c3nccnc23)CC(C)(C)C1. The van der Waals surface area contributed by atoms with Crippen molar-refractivity contribution in [3.05, 3.63) is 30.1 Å². The van der Waals surface area contributed by atoms with Gasteiger partial charge in [-0.05, 0) is 38.1 Å². The lowest BCUT2D eigenvalue weighted by Gasteiger charge is -2.44. The number of hydrogen-bond donors (Lipinski definition) is 1. The van der Waals surface area contributed by atoms with Gasteiger partial charge in [-0.2, -0.15) is 5.26 Å². The maximum atomic E-state index is 12.2. The Kier molecular flexibility index (Phi) is 5.29. The second-order valence-corrected chi connectivity index (χ2v) is 8.25. The van der Waals surface area contributed by atoms with Crippen LogP contribution >= 0.6 is 0 Å². The molecule has 7 nitrogen and oxygen atoms in total. The first-order chi connectivity index (χ1) is 12.8. The third-order valence-electron chi connectivity index (χ3n) is 4.75. The molecule has 1 atom stereocenters. The van der Waals surface area contributed by atoms with Crippen LogP contribution in [-0.4, -0.2) is 60.5 Å². The maximum absolute atomic E-state index is 12.2. The molecule has 1 amide bonds. The number of benzene rings is 1. The van der Waals surface area contributed by atoms with Gasteiger partial charge in [-0.15, -0.1) is 0 Å². The highest BCUT2D eigenvalue weighted by molar-refractivity contribution is 5.92. The number of carbonyl (C=O) groups excluding carboxylic acids is 1.